The van der Waals surface area contributed by atoms with Crippen molar-refractivity contribution in [3.8, 4) is 0 Å². The minimum Gasteiger partial charge on any atom is -0.348 e. The molecule has 2 amide bonds. The molecule has 1 aromatic heterocycles. The molecule has 9 heteroatoms. The third kappa shape index (κ3) is 4.39. The van der Waals surface area contributed by atoms with E-state index in [4.69, 9.17) is 11.6 Å². The number of nitrogens with zero attached hydrogens (tertiary/aromatic N) is 1. The normalized spacial score (nSPS) is 18.3. The summed E-state index contributed by atoms with van der Waals surface area (Å²) in [7, 11) is -3.09. The van der Waals surface area contributed by atoms with Gasteiger partial charge in [0.15, 0.2) is 9.84 Å². The smallest absolute Gasteiger partial charge is 0.257 e. The van der Waals surface area contributed by atoms with Crippen LogP contribution in [0.25, 0.3) is 0 Å². The van der Waals surface area contributed by atoms with E-state index in [9.17, 15) is 18.0 Å². The first-order valence-electron chi connectivity index (χ1n) is 7.86. The fourth-order valence-electron chi connectivity index (χ4n) is 2.62. The van der Waals surface area contributed by atoms with E-state index in [-0.39, 0.29) is 22.6 Å². The zero-order valence-corrected chi connectivity index (χ0v) is 15.2. The number of nitrogens with one attached hydrogen (secondary N) is 2. The van der Waals surface area contributed by atoms with Crippen LogP contribution in [0.3, 0.4) is 0 Å². The molecule has 0 bridgehead atoms. The lowest BCUT2D eigenvalue weighted by molar-refractivity contribution is 0.0940. The van der Waals surface area contributed by atoms with E-state index in [0.29, 0.717) is 17.1 Å². The van der Waals surface area contributed by atoms with Crippen molar-refractivity contribution in [3.05, 3.63) is 58.9 Å². The minimum absolute atomic E-state index is 0.0659. The summed E-state index contributed by atoms with van der Waals surface area (Å²) >= 11 is 6.01. The van der Waals surface area contributed by atoms with Crippen LogP contribution < -0.4 is 10.6 Å². The zero-order chi connectivity index (χ0) is 18.7. The van der Waals surface area contributed by atoms with Gasteiger partial charge in [-0.3, -0.25) is 14.6 Å². The van der Waals surface area contributed by atoms with Crippen LogP contribution in [0.1, 0.15) is 27.1 Å². The number of hydrogen-bond donors (Lipinski definition) is 2. The number of carbonyl (C=O) groups is 2. The molecule has 7 nitrogen and oxygen atoms in total. The van der Waals surface area contributed by atoms with Crippen molar-refractivity contribution in [1.82, 2.24) is 10.3 Å². The standard InChI is InChI=1S/C17H16ClN3O4S/c18-14-3-1-2-4-15(14)21-17(23)12-7-11(8-19-9-12)16(22)20-13-5-6-26(24,25)10-13/h1-4,7-9,13H,5-6,10H2,(H,20,22)(H,21,23). The monoisotopic (exact) mass is 393 g/mol. The van der Waals surface area contributed by atoms with E-state index in [1.54, 1.807) is 24.3 Å². The molecule has 1 aliphatic heterocycles. The number of sulfone groups is 1. The predicted molar refractivity (Wildman–Crippen MR) is 98.2 cm³/mol. The third-order valence-electron chi connectivity index (χ3n) is 3.95. The Morgan fingerprint density at radius 1 is 1.12 bits per heavy atom. The molecule has 1 saturated heterocycles. The van der Waals surface area contributed by atoms with Crippen LogP contribution >= 0.6 is 11.6 Å². The highest BCUT2D eigenvalue weighted by molar-refractivity contribution is 7.91. The Morgan fingerprint density at radius 3 is 2.46 bits per heavy atom. The van der Waals surface area contributed by atoms with Crippen LogP contribution in [0.15, 0.2) is 42.7 Å². The highest BCUT2D eigenvalue weighted by Crippen LogP contribution is 2.21. The molecule has 0 saturated carbocycles. The molecule has 1 fully saturated rings. The van der Waals surface area contributed by atoms with Crippen LogP contribution in [0.5, 0.6) is 0 Å². The summed E-state index contributed by atoms with van der Waals surface area (Å²) in [6.07, 6.45) is 3.04. The number of anilines is 1. The summed E-state index contributed by atoms with van der Waals surface area (Å²) in [5, 5.41) is 5.71. The lowest BCUT2D eigenvalue weighted by Crippen LogP contribution is -2.35. The molecule has 0 radical (unpaired) electrons. The van der Waals surface area contributed by atoms with E-state index in [1.165, 1.54) is 18.5 Å². The van der Waals surface area contributed by atoms with Gasteiger partial charge in [0.2, 0.25) is 0 Å². The van der Waals surface area contributed by atoms with Gasteiger partial charge in [0.05, 0.1) is 33.3 Å². The van der Waals surface area contributed by atoms with Crippen molar-refractivity contribution < 1.29 is 18.0 Å². The Labute approximate surface area is 155 Å². The van der Waals surface area contributed by atoms with Crippen molar-refractivity contribution in [2.75, 3.05) is 16.8 Å². The number of carbonyl (C=O) groups excluding carboxylic acids is 2. The molecule has 1 unspecified atom stereocenters. The quantitative estimate of drug-likeness (QED) is 0.825. The molecule has 1 atom stereocenters. The van der Waals surface area contributed by atoms with Crippen molar-refractivity contribution in [1.29, 1.82) is 0 Å². The number of aromatic nitrogens is 1. The van der Waals surface area contributed by atoms with E-state index >= 15 is 0 Å². The highest BCUT2D eigenvalue weighted by Gasteiger charge is 2.29. The van der Waals surface area contributed by atoms with Gasteiger partial charge in [-0.15, -0.1) is 0 Å². The first-order valence-corrected chi connectivity index (χ1v) is 10.1. The molecule has 3 rings (SSSR count). The molecule has 1 aliphatic rings. The number of pyridine rings is 1. The second-order valence-corrected chi connectivity index (χ2v) is 8.61. The van der Waals surface area contributed by atoms with E-state index in [2.05, 4.69) is 15.6 Å². The maximum atomic E-state index is 12.4. The lowest BCUT2D eigenvalue weighted by atomic mass is 10.1. The largest absolute Gasteiger partial charge is 0.348 e. The Bertz CT molecular complexity index is 962. The average molecular weight is 394 g/mol. The molecule has 136 valence electrons. The van der Waals surface area contributed by atoms with Gasteiger partial charge < -0.3 is 10.6 Å². The first-order chi connectivity index (χ1) is 12.3. The Morgan fingerprint density at radius 2 is 1.81 bits per heavy atom. The molecule has 26 heavy (non-hydrogen) atoms. The minimum atomic E-state index is -3.09. The van der Waals surface area contributed by atoms with E-state index < -0.39 is 27.7 Å². The summed E-state index contributed by atoms with van der Waals surface area (Å²) in [6.45, 7) is 0. The molecule has 0 aliphatic carbocycles. The number of hydrogen-bond acceptors (Lipinski definition) is 5. The summed E-state index contributed by atoms with van der Waals surface area (Å²) in [5.74, 6) is -0.925. The van der Waals surface area contributed by atoms with Gasteiger partial charge in [0.25, 0.3) is 11.8 Å². The fourth-order valence-corrected chi connectivity index (χ4v) is 4.48. The molecule has 2 heterocycles. The molecule has 1 aromatic carbocycles. The van der Waals surface area contributed by atoms with Crippen LogP contribution in [0, 0.1) is 0 Å². The lowest BCUT2D eigenvalue weighted by Gasteiger charge is -2.11. The number of benzene rings is 1. The SMILES string of the molecule is O=C(Nc1ccccc1Cl)c1cncc(C(=O)NC2CCS(=O)(=O)C2)c1. The van der Waals surface area contributed by atoms with E-state index in [1.807, 2.05) is 0 Å². The summed E-state index contributed by atoms with van der Waals surface area (Å²) < 4.78 is 23.0. The summed E-state index contributed by atoms with van der Waals surface area (Å²) in [6, 6.07) is 7.76. The van der Waals surface area contributed by atoms with Crippen molar-refractivity contribution >= 4 is 38.9 Å². The average Bonchev–Trinajstić information content (AvgIpc) is 2.95. The van der Waals surface area contributed by atoms with E-state index in [0.717, 1.165) is 0 Å². The second-order valence-electron chi connectivity index (χ2n) is 5.97. The Hall–Kier alpha value is -2.45. The second kappa shape index (κ2) is 7.43. The molecule has 2 aromatic rings. The van der Waals surface area contributed by atoms with Gasteiger partial charge in [-0.05, 0) is 24.6 Å². The van der Waals surface area contributed by atoms with Crippen LogP contribution in [0.2, 0.25) is 5.02 Å². The van der Waals surface area contributed by atoms with Gasteiger partial charge in [0, 0.05) is 18.4 Å². The van der Waals surface area contributed by atoms with Gasteiger partial charge in [-0.25, -0.2) is 8.42 Å². The summed E-state index contributed by atoms with van der Waals surface area (Å²) in [5.41, 5.74) is 0.822. The zero-order valence-electron chi connectivity index (χ0n) is 13.6. The fraction of sp³-hybridized carbons (Fsp3) is 0.235. The van der Waals surface area contributed by atoms with Crippen molar-refractivity contribution in [3.63, 3.8) is 0 Å². The van der Waals surface area contributed by atoms with Gasteiger partial charge in [0.1, 0.15) is 0 Å². The molecule has 0 spiro atoms. The summed E-state index contributed by atoms with van der Waals surface area (Å²) in [4.78, 5) is 28.6. The number of halogens is 1. The first kappa shape index (κ1) is 18.3. The number of rotatable bonds is 4. The number of para-hydroxylation sites is 1. The maximum Gasteiger partial charge on any atom is 0.257 e. The molecular formula is C17H16ClN3O4S. The van der Waals surface area contributed by atoms with Gasteiger partial charge in [-0.2, -0.15) is 0 Å². The number of amides is 2. The Kier molecular flexibility index (Phi) is 5.24. The van der Waals surface area contributed by atoms with Crippen molar-refractivity contribution in [2.45, 2.75) is 12.5 Å². The topological polar surface area (TPSA) is 105 Å². The highest BCUT2D eigenvalue weighted by atomic mass is 35.5. The third-order valence-corrected chi connectivity index (χ3v) is 6.05. The van der Waals surface area contributed by atoms with Crippen LogP contribution in [0.4, 0.5) is 5.69 Å². The Balaban J connectivity index is 1.70. The van der Waals surface area contributed by atoms with Crippen LogP contribution in [-0.4, -0.2) is 42.8 Å². The predicted octanol–water partition coefficient (Wildman–Crippen LogP) is 1.90. The van der Waals surface area contributed by atoms with Gasteiger partial charge >= 0.3 is 0 Å². The van der Waals surface area contributed by atoms with Crippen molar-refractivity contribution in [2.24, 2.45) is 0 Å². The molecule has 2 N–H and O–H groups in total. The van der Waals surface area contributed by atoms with Crippen LogP contribution in [-0.2, 0) is 9.84 Å². The van der Waals surface area contributed by atoms with Gasteiger partial charge in [-0.1, -0.05) is 23.7 Å². The maximum absolute atomic E-state index is 12.4. The molecular weight excluding hydrogens is 378 g/mol.